The van der Waals surface area contributed by atoms with E-state index < -0.39 is 5.67 Å². The number of hydrogen-bond donors (Lipinski definition) is 1. The SMILES string of the molecule is COC(=O)C[C@H](CN1CC[C@@](F)(CCc2ccc3c(n2)NCCC3)C1)c1cccc(OC[C@H]2CCCO2)c1. The number of benzene rings is 1. The summed E-state index contributed by atoms with van der Waals surface area (Å²) in [6, 6.07) is 12.1. The zero-order valence-corrected chi connectivity index (χ0v) is 22.4. The number of pyridine rings is 1. The van der Waals surface area contributed by atoms with E-state index in [2.05, 4.69) is 16.3 Å². The highest BCUT2D eigenvalue weighted by Crippen LogP contribution is 2.34. The Bertz CT molecular complexity index is 1090. The average molecular weight is 526 g/mol. The maximum atomic E-state index is 15.9. The fraction of sp³-hybridized carbons (Fsp3) is 0.600. The van der Waals surface area contributed by atoms with Gasteiger partial charge in [-0.05, 0) is 74.3 Å². The van der Waals surface area contributed by atoms with Gasteiger partial charge < -0.3 is 19.5 Å². The summed E-state index contributed by atoms with van der Waals surface area (Å²) in [7, 11) is 1.41. The quantitative estimate of drug-likeness (QED) is 0.427. The number of alkyl halides is 1. The molecule has 2 fully saturated rings. The van der Waals surface area contributed by atoms with Crippen molar-refractivity contribution in [2.75, 3.05) is 51.8 Å². The fourth-order valence-electron chi connectivity index (χ4n) is 5.84. The van der Waals surface area contributed by atoms with E-state index in [1.165, 1.54) is 12.7 Å². The van der Waals surface area contributed by atoms with Gasteiger partial charge in [0.05, 0.1) is 19.6 Å². The minimum absolute atomic E-state index is 0.107. The first-order valence-electron chi connectivity index (χ1n) is 14.0. The number of nitrogens with zero attached hydrogens (tertiary/aromatic N) is 2. The van der Waals surface area contributed by atoms with E-state index in [0.717, 1.165) is 61.7 Å². The summed E-state index contributed by atoms with van der Waals surface area (Å²) in [5.41, 5.74) is 1.94. The molecule has 0 bridgehead atoms. The molecule has 0 amide bonds. The summed E-state index contributed by atoms with van der Waals surface area (Å²) in [6.45, 7) is 3.89. The van der Waals surface area contributed by atoms with Crippen molar-refractivity contribution < 1.29 is 23.4 Å². The van der Waals surface area contributed by atoms with Crippen molar-refractivity contribution >= 4 is 11.8 Å². The Balaban J connectivity index is 1.19. The third-order valence-corrected chi connectivity index (χ3v) is 8.07. The number of rotatable bonds is 11. The zero-order chi connectivity index (χ0) is 26.4. The molecular formula is C30H40FN3O4. The maximum Gasteiger partial charge on any atom is 0.306 e. The van der Waals surface area contributed by atoms with Crippen LogP contribution in [0.5, 0.6) is 5.75 Å². The van der Waals surface area contributed by atoms with E-state index >= 15 is 4.39 Å². The van der Waals surface area contributed by atoms with Crippen LogP contribution >= 0.6 is 0 Å². The van der Waals surface area contributed by atoms with Crippen molar-refractivity contribution in [1.82, 2.24) is 9.88 Å². The molecule has 3 atom stereocenters. The summed E-state index contributed by atoms with van der Waals surface area (Å²) in [4.78, 5) is 19.2. The lowest BCUT2D eigenvalue weighted by atomic mass is 9.94. The molecule has 5 rings (SSSR count). The van der Waals surface area contributed by atoms with Gasteiger partial charge in [0.1, 0.15) is 23.8 Å². The van der Waals surface area contributed by atoms with Crippen molar-refractivity contribution in [2.45, 2.75) is 69.1 Å². The lowest BCUT2D eigenvalue weighted by Gasteiger charge is -2.25. The molecule has 206 valence electrons. The number of anilines is 1. The first-order chi connectivity index (χ1) is 18.5. The van der Waals surface area contributed by atoms with Gasteiger partial charge in [-0.3, -0.25) is 9.69 Å². The predicted molar refractivity (Wildman–Crippen MR) is 145 cm³/mol. The van der Waals surface area contributed by atoms with E-state index in [1.54, 1.807) is 0 Å². The Labute approximate surface area is 225 Å². The van der Waals surface area contributed by atoms with Gasteiger partial charge >= 0.3 is 5.97 Å². The molecule has 38 heavy (non-hydrogen) atoms. The largest absolute Gasteiger partial charge is 0.491 e. The molecule has 2 saturated heterocycles. The predicted octanol–water partition coefficient (Wildman–Crippen LogP) is 4.69. The van der Waals surface area contributed by atoms with Gasteiger partial charge in [0.25, 0.3) is 0 Å². The zero-order valence-electron chi connectivity index (χ0n) is 22.4. The van der Waals surface area contributed by atoms with Gasteiger partial charge in [-0.15, -0.1) is 0 Å². The molecule has 0 saturated carbocycles. The van der Waals surface area contributed by atoms with Crippen molar-refractivity contribution in [3.05, 3.63) is 53.2 Å². The number of nitrogens with one attached hydrogen (secondary N) is 1. The van der Waals surface area contributed by atoms with Crippen molar-refractivity contribution in [3.63, 3.8) is 0 Å². The van der Waals surface area contributed by atoms with Crippen LogP contribution in [0.15, 0.2) is 36.4 Å². The molecule has 4 heterocycles. The second kappa shape index (κ2) is 12.4. The fourth-order valence-corrected chi connectivity index (χ4v) is 5.84. The summed E-state index contributed by atoms with van der Waals surface area (Å²) < 4.78 is 32.5. The van der Waals surface area contributed by atoms with E-state index in [1.807, 2.05) is 30.3 Å². The Hall–Kier alpha value is -2.71. The molecule has 8 heteroatoms. The molecule has 0 aliphatic carbocycles. The molecule has 1 aromatic heterocycles. The van der Waals surface area contributed by atoms with Crippen LogP contribution in [-0.2, 0) is 27.1 Å². The molecule has 0 spiro atoms. The summed E-state index contributed by atoms with van der Waals surface area (Å²) in [5.74, 6) is 1.35. The van der Waals surface area contributed by atoms with Gasteiger partial charge in [0.15, 0.2) is 0 Å². The van der Waals surface area contributed by atoms with E-state index in [9.17, 15) is 4.79 Å². The van der Waals surface area contributed by atoms with E-state index in [-0.39, 0.29) is 24.4 Å². The molecule has 7 nitrogen and oxygen atoms in total. The van der Waals surface area contributed by atoms with Crippen molar-refractivity contribution in [2.24, 2.45) is 0 Å². The van der Waals surface area contributed by atoms with Crippen LogP contribution in [0.4, 0.5) is 10.2 Å². The van der Waals surface area contributed by atoms with Crippen molar-refractivity contribution in [3.8, 4) is 5.75 Å². The average Bonchev–Trinajstić information content (AvgIpc) is 3.60. The van der Waals surface area contributed by atoms with Crippen LogP contribution in [0.1, 0.15) is 61.3 Å². The van der Waals surface area contributed by atoms with Gasteiger partial charge in [0.2, 0.25) is 0 Å². The number of fused-ring (bicyclic) bond motifs is 1. The minimum atomic E-state index is -1.26. The van der Waals surface area contributed by atoms with Crippen molar-refractivity contribution in [1.29, 1.82) is 0 Å². The molecule has 2 aromatic rings. The van der Waals surface area contributed by atoms with Gasteiger partial charge in [0, 0.05) is 44.4 Å². The second-order valence-corrected chi connectivity index (χ2v) is 11.0. The molecular weight excluding hydrogens is 485 g/mol. The number of ether oxygens (including phenoxy) is 3. The number of carbonyl (C=O) groups excluding carboxylic acids is 1. The third-order valence-electron chi connectivity index (χ3n) is 8.07. The molecule has 0 radical (unpaired) electrons. The lowest BCUT2D eigenvalue weighted by molar-refractivity contribution is -0.141. The van der Waals surface area contributed by atoms with Crippen LogP contribution in [0.3, 0.4) is 0 Å². The normalized spacial score (nSPS) is 24.0. The van der Waals surface area contributed by atoms with Crippen LogP contribution in [0.25, 0.3) is 0 Å². The Morgan fingerprint density at radius 1 is 1.32 bits per heavy atom. The molecule has 3 aliphatic rings. The lowest BCUT2D eigenvalue weighted by Crippen LogP contribution is -2.33. The minimum Gasteiger partial charge on any atom is -0.491 e. The molecule has 1 N–H and O–H groups in total. The van der Waals surface area contributed by atoms with Crippen LogP contribution < -0.4 is 10.1 Å². The second-order valence-electron chi connectivity index (χ2n) is 11.0. The number of carbonyl (C=O) groups is 1. The van der Waals surface area contributed by atoms with E-state index in [4.69, 9.17) is 19.2 Å². The number of aryl methyl sites for hydroxylation is 2. The number of likely N-dealkylation sites (tertiary alicyclic amines) is 1. The smallest absolute Gasteiger partial charge is 0.306 e. The Morgan fingerprint density at radius 3 is 3.08 bits per heavy atom. The number of methoxy groups -OCH3 is 1. The van der Waals surface area contributed by atoms with Crippen LogP contribution in [-0.4, -0.2) is 74.1 Å². The van der Waals surface area contributed by atoms with Gasteiger partial charge in [-0.1, -0.05) is 18.2 Å². The van der Waals surface area contributed by atoms with Crippen LogP contribution in [0, 0.1) is 0 Å². The first kappa shape index (κ1) is 26.9. The number of hydrogen-bond acceptors (Lipinski definition) is 7. The summed E-state index contributed by atoms with van der Waals surface area (Å²) in [6.07, 6.45) is 6.21. The highest BCUT2D eigenvalue weighted by Gasteiger charge is 2.39. The topological polar surface area (TPSA) is 72.9 Å². The van der Waals surface area contributed by atoms with Gasteiger partial charge in [-0.25, -0.2) is 9.37 Å². The third kappa shape index (κ3) is 7.03. The monoisotopic (exact) mass is 525 g/mol. The number of esters is 1. The van der Waals surface area contributed by atoms with Gasteiger partial charge in [-0.2, -0.15) is 0 Å². The Morgan fingerprint density at radius 2 is 2.24 bits per heavy atom. The number of halogens is 1. The standard InChI is InChI=1S/C30H40FN3O4/c1-36-28(35)18-24(23-5-2-7-26(17-23)38-20-27-8-4-16-37-27)19-34-15-13-30(31,21-34)12-11-25-10-9-22-6-3-14-32-29(22)33-25/h2,5,7,9-10,17,24,27H,3-4,6,8,11-16,18-21H2,1H3,(H,32,33)/t24-,27-,30+/m1/s1. The number of aromatic nitrogens is 1. The summed E-state index contributed by atoms with van der Waals surface area (Å²) in [5, 5.41) is 3.36. The molecule has 0 unspecified atom stereocenters. The highest BCUT2D eigenvalue weighted by molar-refractivity contribution is 5.70. The first-order valence-corrected chi connectivity index (χ1v) is 14.0. The van der Waals surface area contributed by atoms with E-state index in [0.29, 0.717) is 45.5 Å². The van der Waals surface area contributed by atoms with Crippen LogP contribution in [0.2, 0.25) is 0 Å². The molecule has 3 aliphatic heterocycles. The summed E-state index contributed by atoms with van der Waals surface area (Å²) >= 11 is 0. The molecule has 1 aromatic carbocycles. The maximum absolute atomic E-state index is 15.9. The highest BCUT2D eigenvalue weighted by atomic mass is 19.1. The Kier molecular flexibility index (Phi) is 8.79.